The van der Waals surface area contributed by atoms with Crippen LogP contribution in [0.5, 0.6) is 0 Å². The van der Waals surface area contributed by atoms with Crippen molar-refractivity contribution >= 4 is 11.9 Å². The van der Waals surface area contributed by atoms with Gasteiger partial charge in [-0.25, -0.2) is 4.79 Å². The monoisotopic (exact) mass is 347 g/mol. The van der Waals surface area contributed by atoms with Gasteiger partial charge >= 0.3 is 5.97 Å². The molecular weight excluding hydrogens is 322 g/mol. The molecule has 6 nitrogen and oxygen atoms in total. The summed E-state index contributed by atoms with van der Waals surface area (Å²) in [4.78, 5) is 25.4. The minimum Gasteiger partial charge on any atom is -0.478 e. The van der Waals surface area contributed by atoms with Crippen LogP contribution in [0.15, 0.2) is 24.3 Å². The van der Waals surface area contributed by atoms with E-state index in [0.717, 1.165) is 32.3 Å². The van der Waals surface area contributed by atoms with Crippen molar-refractivity contribution < 1.29 is 24.2 Å². The van der Waals surface area contributed by atoms with Crippen molar-refractivity contribution in [2.75, 3.05) is 26.3 Å². The predicted octanol–water partition coefficient (Wildman–Crippen LogP) is 2.58. The van der Waals surface area contributed by atoms with Gasteiger partial charge in [-0.15, -0.1) is 0 Å². The maximum Gasteiger partial charge on any atom is 0.335 e. The molecule has 0 saturated carbocycles. The Kier molecular flexibility index (Phi) is 6.04. The summed E-state index contributed by atoms with van der Waals surface area (Å²) in [5.41, 5.74) is 0.562. The number of nitrogens with zero attached hydrogens (tertiary/aromatic N) is 1. The van der Waals surface area contributed by atoms with Crippen LogP contribution >= 0.6 is 0 Å². The van der Waals surface area contributed by atoms with Crippen LogP contribution in [0.3, 0.4) is 0 Å². The number of carbonyl (C=O) groups is 2. The quantitative estimate of drug-likeness (QED) is 0.886. The first-order valence-electron chi connectivity index (χ1n) is 8.99. The molecule has 0 unspecified atom stereocenters. The summed E-state index contributed by atoms with van der Waals surface area (Å²) in [6.45, 7) is 2.73. The van der Waals surface area contributed by atoms with E-state index in [4.69, 9.17) is 14.6 Å². The molecule has 2 aliphatic heterocycles. The number of ether oxygens (including phenoxy) is 2. The molecule has 0 aliphatic carbocycles. The lowest BCUT2D eigenvalue weighted by molar-refractivity contribution is -0.0733. The Hall–Kier alpha value is -1.92. The van der Waals surface area contributed by atoms with Crippen LogP contribution in [0, 0.1) is 0 Å². The average Bonchev–Trinajstić information content (AvgIpc) is 2.67. The summed E-state index contributed by atoms with van der Waals surface area (Å²) in [7, 11) is 0. The number of hydrogen-bond acceptors (Lipinski definition) is 4. The molecule has 1 aromatic carbocycles. The van der Waals surface area contributed by atoms with E-state index < -0.39 is 5.97 Å². The third kappa shape index (κ3) is 4.80. The van der Waals surface area contributed by atoms with Gasteiger partial charge in [-0.2, -0.15) is 0 Å². The second kappa shape index (κ2) is 8.45. The van der Waals surface area contributed by atoms with E-state index in [0.29, 0.717) is 25.3 Å². The number of carboxylic acid groups (broad SMARTS) is 1. The van der Waals surface area contributed by atoms with Gasteiger partial charge in [0.2, 0.25) is 0 Å². The van der Waals surface area contributed by atoms with Crippen molar-refractivity contribution in [1.82, 2.24) is 4.90 Å². The zero-order valence-corrected chi connectivity index (χ0v) is 14.4. The fourth-order valence-corrected chi connectivity index (χ4v) is 3.38. The predicted molar refractivity (Wildman–Crippen MR) is 91.9 cm³/mol. The summed E-state index contributed by atoms with van der Waals surface area (Å²) in [6.07, 6.45) is 5.40. The smallest absolute Gasteiger partial charge is 0.335 e. The summed E-state index contributed by atoms with van der Waals surface area (Å²) in [6, 6.07) is 6.20. The number of likely N-dealkylation sites (tertiary alicyclic amines) is 1. The maximum atomic E-state index is 12.6. The molecular formula is C19H25NO5. The van der Waals surface area contributed by atoms with Gasteiger partial charge in [-0.1, -0.05) is 6.07 Å². The normalized spacial score (nSPS) is 21.9. The first-order chi connectivity index (χ1) is 12.1. The van der Waals surface area contributed by atoms with Crippen LogP contribution in [-0.2, 0) is 9.47 Å². The minimum atomic E-state index is -1.02. The second-order valence-electron chi connectivity index (χ2n) is 6.70. The number of rotatable bonds is 5. The summed E-state index contributed by atoms with van der Waals surface area (Å²) in [5.74, 6) is -1.14. The molecule has 2 heterocycles. The highest BCUT2D eigenvalue weighted by Crippen LogP contribution is 2.19. The van der Waals surface area contributed by atoms with Gasteiger partial charge in [-0.05, 0) is 50.3 Å². The van der Waals surface area contributed by atoms with Crippen LogP contribution in [0.2, 0.25) is 0 Å². The first kappa shape index (κ1) is 17.9. The van der Waals surface area contributed by atoms with E-state index in [1.165, 1.54) is 18.6 Å². The van der Waals surface area contributed by atoms with Crippen LogP contribution in [0.4, 0.5) is 0 Å². The fourth-order valence-electron chi connectivity index (χ4n) is 3.38. The average molecular weight is 347 g/mol. The molecule has 2 fully saturated rings. The first-order valence-corrected chi connectivity index (χ1v) is 8.99. The van der Waals surface area contributed by atoms with Gasteiger partial charge < -0.3 is 19.5 Å². The number of aromatic carboxylic acids is 1. The molecule has 3 rings (SSSR count). The topological polar surface area (TPSA) is 76.1 Å². The van der Waals surface area contributed by atoms with Gasteiger partial charge in [0.05, 0.1) is 24.4 Å². The highest BCUT2D eigenvalue weighted by molar-refractivity contribution is 5.97. The van der Waals surface area contributed by atoms with E-state index in [-0.39, 0.29) is 23.7 Å². The Morgan fingerprint density at radius 2 is 1.92 bits per heavy atom. The Morgan fingerprint density at radius 3 is 2.60 bits per heavy atom. The van der Waals surface area contributed by atoms with Crippen LogP contribution < -0.4 is 0 Å². The van der Waals surface area contributed by atoms with Gasteiger partial charge in [0.15, 0.2) is 0 Å². The van der Waals surface area contributed by atoms with E-state index in [2.05, 4.69) is 0 Å². The van der Waals surface area contributed by atoms with Crippen molar-refractivity contribution in [2.24, 2.45) is 0 Å². The number of carbonyl (C=O) groups excluding carboxylic acids is 1. The molecule has 0 aromatic heterocycles. The van der Waals surface area contributed by atoms with Crippen molar-refractivity contribution in [3.63, 3.8) is 0 Å². The Bertz CT molecular complexity index is 604. The summed E-state index contributed by atoms with van der Waals surface area (Å²) in [5, 5.41) is 9.05. The lowest BCUT2D eigenvalue weighted by atomic mass is 10.0. The van der Waals surface area contributed by atoms with Crippen molar-refractivity contribution in [1.29, 1.82) is 0 Å². The number of hydrogen-bond donors (Lipinski definition) is 1. The molecule has 2 aliphatic rings. The van der Waals surface area contributed by atoms with Gasteiger partial charge in [0.25, 0.3) is 5.91 Å². The highest BCUT2D eigenvalue weighted by Gasteiger charge is 2.25. The molecule has 0 radical (unpaired) electrons. The van der Waals surface area contributed by atoms with E-state index in [9.17, 15) is 9.59 Å². The molecule has 1 N–H and O–H groups in total. The summed E-state index contributed by atoms with van der Waals surface area (Å²) >= 11 is 0. The van der Waals surface area contributed by atoms with Crippen molar-refractivity contribution in [3.05, 3.63) is 35.4 Å². The zero-order chi connectivity index (χ0) is 17.6. The molecule has 136 valence electrons. The number of amides is 1. The fraction of sp³-hybridized carbons (Fsp3) is 0.579. The highest BCUT2D eigenvalue weighted by atomic mass is 16.5. The van der Waals surface area contributed by atoms with E-state index >= 15 is 0 Å². The molecule has 1 atom stereocenters. The molecule has 1 aromatic rings. The van der Waals surface area contributed by atoms with Gasteiger partial charge in [0, 0.05) is 25.3 Å². The Labute approximate surface area is 147 Å². The largest absolute Gasteiger partial charge is 0.478 e. The third-order valence-corrected chi connectivity index (χ3v) is 4.88. The lowest BCUT2D eigenvalue weighted by Crippen LogP contribution is -2.41. The maximum absolute atomic E-state index is 12.6. The van der Waals surface area contributed by atoms with Crippen molar-refractivity contribution in [2.45, 2.75) is 44.3 Å². The van der Waals surface area contributed by atoms with Crippen LogP contribution in [-0.4, -0.2) is 60.4 Å². The SMILES string of the molecule is O=C(O)c1cccc(C(=O)N2CCC(OC[C@@H]3CCCCO3)CC2)c1. The molecule has 25 heavy (non-hydrogen) atoms. The zero-order valence-electron chi connectivity index (χ0n) is 14.4. The second-order valence-corrected chi connectivity index (χ2v) is 6.70. The molecule has 6 heteroatoms. The number of piperidine rings is 1. The summed E-state index contributed by atoms with van der Waals surface area (Å²) < 4.78 is 11.6. The Morgan fingerprint density at radius 1 is 1.16 bits per heavy atom. The molecule has 0 bridgehead atoms. The molecule has 1 amide bonds. The number of benzene rings is 1. The minimum absolute atomic E-state index is 0.114. The third-order valence-electron chi connectivity index (χ3n) is 4.88. The van der Waals surface area contributed by atoms with Crippen molar-refractivity contribution in [3.8, 4) is 0 Å². The number of carboxylic acids is 1. The standard InChI is InChI=1S/C19H25NO5/c21-18(14-4-3-5-15(12-14)19(22)23)20-9-7-16(8-10-20)25-13-17-6-1-2-11-24-17/h3-5,12,16-17H,1-2,6-11,13H2,(H,22,23)/t17-/m0/s1. The van der Waals surface area contributed by atoms with Crippen LogP contribution in [0.1, 0.15) is 52.8 Å². The molecule has 2 saturated heterocycles. The van der Waals surface area contributed by atoms with Gasteiger partial charge in [0.1, 0.15) is 0 Å². The molecule has 0 spiro atoms. The van der Waals surface area contributed by atoms with Crippen LogP contribution in [0.25, 0.3) is 0 Å². The Balaban J connectivity index is 1.47. The van der Waals surface area contributed by atoms with Gasteiger partial charge in [-0.3, -0.25) is 4.79 Å². The lowest BCUT2D eigenvalue weighted by Gasteiger charge is -2.33. The van der Waals surface area contributed by atoms with E-state index in [1.807, 2.05) is 0 Å². The van der Waals surface area contributed by atoms with E-state index in [1.54, 1.807) is 17.0 Å².